The van der Waals surface area contributed by atoms with Crippen molar-refractivity contribution in [1.82, 2.24) is 0 Å². The predicted molar refractivity (Wildman–Crippen MR) is 177 cm³/mol. The SMILES string of the molecule is CN(C)c1ccc(C(=O)OCCC[Si](C)(O[Si](C)(C)C)O[Si](C)(CCC(C)(C)[Si](C)(C)O)O[Si](C)(C)C)cc1. The molecule has 0 saturated heterocycles. The third-order valence-corrected chi connectivity index (χ3v) is 24.8. The molecular weight excluding hydrogens is 575 g/mol. The molecule has 226 valence electrons. The second-order valence-corrected chi connectivity index (χ2v) is 35.3. The zero-order chi connectivity index (χ0) is 30.5. The first-order valence-electron chi connectivity index (χ1n) is 14.1. The number of esters is 1. The highest BCUT2D eigenvalue weighted by Crippen LogP contribution is 2.43. The number of carbonyl (C=O) groups excluding carboxylic acids is 1. The molecule has 0 spiro atoms. The van der Waals surface area contributed by atoms with Gasteiger partial charge in [-0.25, -0.2) is 4.79 Å². The summed E-state index contributed by atoms with van der Waals surface area (Å²) in [4.78, 5) is 25.5. The molecule has 2 atom stereocenters. The van der Waals surface area contributed by atoms with Gasteiger partial charge in [0.2, 0.25) is 0 Å². The summed E-state index contributed by atoms with van der Waals surface area (Å²) in [6.45, 7) is 26.2. The van der Waals surface area contributed by atoms with Crippen LogP contribution in [0.4, 0.5) is 5.69 Å². The maximum Gasteiger partial charge on any atom is 0.338 e. The largest absolute Gasteiger partial charge is 0.462 e. The van der Waals surface area contributed by atoms with Crippen LogP contribution in [0.3, 0.4) is 0 Å². The highest BCUT2D eigenvalue weighted by molar-refractivity contribution is 6.90. The second kappa shape index (κ2) is 13.6. The minimum absolute atomic E-state index is 0.149. The second-order valence-electron chi connectivity index (χ2n) is 14.4. The third kappa shape index (κ3) is 13.3. The van der Waals surface area contributed by atoms with Crippen LogP contribution in [0.25, 0.3) is 0 Å². The predicted octanol–water partition coefficient (Wildman–Crippen LogP) is 7.53. The molecule has 12 heteroatoms. The molecule has 7 nitrogen and oxygen atoms in total. The van der Waals surface area contributed by atoms with E-state index in [0.717, 1.165) is 24.2 Å². The van der Waals surface area contributed by atoms with Crippen LogP contribution in [0.15, 0.2) is 24.3 Å². The molecule has 0 aliphatic carbocycles. The van der Waals surface area contributed by atoms with Gasteiger partial charge in [-0.2, -0.15) is 0 Å². The molecule has 0 aromatic heterocycles. The molecule has 0 amide bonds. The smallest absolute Gasteiger partial charge is 0.338 e. The van der Waals surface area contributed by atoms with Gasteiger partial charge in [-0.3, -0.25) is 0 Å². The Bertz CT molecular complexity index is 925. The van der Waals surface area contributed by atoms with Gasteiger partial charge in [0.25, 0.3) is 0 Å². The third-order valence-electron chi connectivity index (χ3n) is 6.96. The Hall–Kier alpha value is -0.586. The number of hydrogen-bond donors (Lipinski definition) is 1. The Balaban J connectivity index is 3.02. The van der Waals surface area contributed by atoms with Gasteiger partial charge >= 0.3 is 23.1 Å². The fourth-order valence-corrected chi connectivity index (χ4v) is 24.0. The summed E-state index contributed by atoms with van der Waals surface area (Å²) in [7, 11) is -7.54. The van der Waals surface area contributed by atoms with Crippen molar-refractivity contribution < 1.29 is 26.7 Å². The molecule has 0 bridgehead atoms. The van der Waals surface area contributed by atoms with E-state index in [1.807, 2.05) is 44.2 Å². The van der Waals surface area contributed by atoms with E-state index in [1.54, 1.807) is 12.1 Å². The topological polar surface area (TPSA) is 77.5 Å². The number of hydrogen-bond acceptors (Lipinski definition) is 7. The average Bonchev–Trinajstić information content (AvgIpc) is 2.72. The van der Waals surface area contributed by atoms with Crippen LogP contribution in [0.2, 0.25) is 82.6 Å². The molecule has 0 aliphatic heterocycles. The summed E-state index contributed by atoms with van der Waals surface area (Å²) in [6, 6.07) is 8.99. The molecule has 1 N–H and O–H groups in total. The fourth-order valence-electron chi connectivity index (χ4n) is 4.38. The number of carbonyl (C=O) groups is 1. The van der Waals surface area contributed by atoms with Gasteiger partial charge in [0, 0.05) is 19.8 Å². The maximum atomic E-state index is 12.6. The van der Waals surface area contributed by atoms with Gasteiger partial charge in [0.05, 0.1) is 12.2 Å². The summed E-state index contributed by atoms with van der Waals surface area (Å²) in [5.74, 6) is -0.310. The zero-order valence-corrected chi connectivity index (χ0v) is 32.3. The Morgan fingerprint density at radius 1 is 0.795 bits per heavy atom. The van der Waals surface area contributed by atoms with Crippen molar-refractivity contribution in [2.45, 2.75) is 109 Å². The Morgan fingerprint density at radius 3 is 1.67 bits per heavy atom. The minimum atomic E-state index is -2.66. The first-order chi connectivity index (χ1) is 17.4. The molecule has 1 aromatic rings. The number of rotatable bonds is 16. The lowest BCUT2D eigenvalue weighted by atomic mass is 10.1. The first kappa shape index (κ1) is 36.4. The van der Waals surface area contributed by atoms with E-state index in [4.69, 9.17) is 17.1 Å². The van der Waals surface area contributed by atoms with Crippen LogP contribution in [0.5, 0.6) is 0 Å². The highest BCUT2D eigenvalue weighted by atomic mass is 28.5. The van der Waals surface area contributed by atoms with E-state index in [9.17, 15) is 9.59 Å². The monoisotopic (exact) mass is 631 g/mol. The van der Waals surface area contributed by atoms with Crippen LogP contribution in [-0.2, 0) is 17.1 Å². The van der Waals surface area contributed by atoms with Crippen molar-refractivity contribution >= 4 is 53.7 Å². The summed E-state index contributed by atoms with van der Waals surface area (Å²) < 4.78 is 26.4. The molecule has 0 heterocycles. The van der Waals surface area contributed by atoms with E-state index in [2.05, 4.69) is 66.2 Å². The first-order valence-corrected chi connectivity index (χ1v) is 29.0. The van der Waals surface area contributed by atoms with Crippen molar-refractivity contribution in [3.63, 3.8) is 0 Å². The number of benzene rings is 1. The number of anilines is 1. The molecule has 1 aromatic carbocycles. The van der Waals surface area contributed by atoms with Gasteiger partial charge < -0.3 is 26.8 Å². The quantitative estimate of drug-likeness (QED) is 0.115. The Labute approximate surface area is 244 Å². The molecule has 2 unspecified atom stereocenters. The minimum Gasteiger partial charge on any atom is -0.462 e. The zero-order valence-electron chi connectivity index (χ0n) is 27.3. The summed E-state index contributed by atoms with van der Waals surface area (Å²) in [5.41, 5.74) is 1.59. The summed E-state index contributed by atoms with van der Waals surface area (Å²) in [6.07, 6.45) is 1.53. The molecule has 0 saturated carbocycles. The lowest BCUT2D eigenvalue weighted by molar-refractivity contribution is 0.0502. The van der Waals surface area contributed by atoms with Crippen LogP contribution >= 0.6 is 0 Å². The van der Waals surface area contributed by atoms with Crippen molar-refractivity contribution in [2.24, 2.45) is 0 Å². The van der Waals surface area contributed by atoms with Crippen LogP contribution in [-0.4, -0.2) is 73.5 Å². The summed E-state index contributed by atoms with van der Waals surface area (Å²) >= 11 is 0. The van der Waals surface area contributed by atoms with E-state index in [1.165, 1.54) is 0 Å². The molecule has 39 heavy (non-hydrogen) atoms. The highest BCUT2D eigenvalue weighted by Gasteiger charge is 2.48. The normalized spacial score (nSPS) is 16.4. The van der Waals surface area contributed by atoms with E-state index >= 15 is 0 Å². The van der Waals surface area contributed by atoms with Gasteiger partial charge in [0.1, 0.15) is 0 Å². The van der Waals surface area contributed by atoms with E-state index in [-0.39, 0.29) is 11.0 Å². The molecule has 0 fully saturated rings. The Morgan fingerprint density at radius 2 is 1.26 bits per heavy atom. The fraction of sp³-hybridized carbons (Fsp3) is 0.741. The molecule has 0 aliphatic rings. The van der Waals surface area contributed by atoms with Crippen molar-refractivity contribution in [3.8, 4) is 0 Å². The molecular formula is C27H57NO6Si5. The number of ether oxygens (including phenoxy) is 1. The van der Waals surface area contributed by atoms with E-state index < -0.39 is 42.1 Å². The molecule has 0 radical (unpaired) electrons. The van der Waals surface area contributed by atoms with Crippen LogP contribution in [0.1, 0.15) is 37.0 Å². The van der Waals surface area contributed by atoms with Crippen molar-refractivity contribution in [2.75, 3.05) is 25.6 Å². The van der Waals surface area contributed by atoms with Crippen LogP contribution < -0.4 is 4.90 Å². The lowest BCUT2D eigenvalue weighted by Crippen LogP contribution is -2.58. The van der Waals surface area contributed by atoms with Gasteiger partial charge in [0.15, 0.2) is 25.0 Å². The van der Waals surface area contributed by atoms with Crippen LogP contribution in [0, 0.1) is 0 Å². The Kier molecular flexibility index (Phi) is 12.7. The maximum absolute atomic E-state index is 12.6. The summed E-state index contributed by atoms with van der Waals surface area (Å²) in [5, 5.41) is -0.149. The van der Waals surface area contributed by atoms with Gasteiger partial charge in [-0.05, 0) is 120 Å². The van der Waals surface area contributed by atoms with Gasteiger partial charge in [-0.1, -0.05) is 13.8 Å². The molecule has 1 rings (SSSR count). The van der Waals surface area contributed by atoms with Gasteiger partial charge in [-0.15, -0.1) is 0 Å². The number of nitrogens with zero attached hydrogens (tertiary/aromatic N) is 1. The average molecular weight is 632 g/mol. The van der Waals surface area contributed by atoms with E-state index in [0.29, 0.717) is 18.6 Å². The lowest BCUT2D eigenvalue weighted by Gasteiger charge is -2.44. The van der Waals surface area contributed by atoms with Crippen molar-refractivity contribution in [1.29, 1.82) is 0 Å². The van der Waals surface area contributed by atoms with Crippen molar-refractivity contribution in [3.05, 3.63) is 29.8 Å². The standard InChI is InChI=1S/C27H57NO6Si5/c1-27(2,37(11,12)30)20-23-39(14,33-36(8,9)10)34-38(13,32-35(5,6)7)22-15-21-31-26(29)24-16-18-25(19-17-24)28(3)4/h16-19,30H,15,20-23H2,1-14H3.